The second-order valence-electron chi connectivity index (χ2n) is 3.71. The van der Waals surface area contributed by atoms with Crippen molar-refractivity contribution in [2.75, 3.05) is 24.6 Å². The van der Waals surface area contributed by atoms with E-state index in [4.69, 9.17) is 16.7 Å². The molecule has 0 saturated heterocycles. The number of hydrogen-bond acceptors (Lipinski definition) is 5. The number of rotatable bonds is 4. The van der Waals surface area contributed by atoms with Gasteiger partial charge in [0.25, 0.3) is 0 Å². The number of aliphatic hydroxyl groups is 1. The maximum atomic E-state index is 12.5. The number of thiophene rings is 1. The summed E-state index contributed by atoms with van der Waals surface area (Å²) in [6.07, 6.45) is -4.39. The minimum absolute atomic E-state index is 0.0939. The van der Waals surface area contributed by atoms with Crippen molar-refractivity contribution < 1.29 is 18.3 Å². The monoisotopic (exact) mass is 311 g/mol. The Bertz CT molecular complexity index is 575. The van der Waals surface area contributed by atoms with Crippen LogP contribution in [-0.2, 0) is 0 Å². The summed E-state index contributed by atoms with van der Waals surface area (Å²) in [6, 6.07) is 1.65. The van der Waals surface area contributed by atoms with Crippen LogP contribution >= 0.6 is 22.9 Å². The highest BCUT2D eigenvalue weighted by Gasteiger charge is 2.32. The van der Waals surface area contributed by atoms with Crippen LogP contribution in [0.25, 0.3) is 10.2 Å². The first-order chi connectivity index (χ1) is 8.90. The first-order valence-corrected chi connectivity index (χ1v) is 6.50. The smallest absolute Gasteiger partial charge is 0.395 e. The molecule has 0 fully saturated rings. The van der Waals surface area contributed by atoms with Crippen molar-refractivity contribution in [3.05, 3.63) is 16.7 Å². The van der Waals surface area contributed by atoms with Crippen LogP contribution in [-0.4, -0.2) is 40.9 Å². The first-order valence-electron chi connectivity index (χ1n) is 5.24. The largest absolute Gasteiger partial charge is 0.405 e. The lowest BCUT2D eigenvalue weighted by atomic mass is 10.4. The maximum absolute atomic E-state index is 12.5. The van der Waals surface area contributed by atoms with Gasteiger partial charge in [0.15, 0.2) is 5.82 Å². The molecule has 0 bridgehead atoms. The highest BCUT2D eigenvalue weighted by atomic mass is 35.5. The Morgan fingerprint density at radius 1 is 1.37 bits per heavy atom. The molecule has 0 unspecified atom stereocenters. The van der Waals surface area contributed by atoms with Gasteiger partial charge in [-0.05, 0) is 23.0 Å². The molecular weight excluding hydrogens is 303 g/mol. The summed E-state index contributed by atoms with van der Waals surface area (Å²) in [5, 5.41) is 10.5. The SMILES string of the molecule is OCCN(CC(F)(F)F)c1nc(Cl)nc2ccsc12. The Balaban J connectivity index is 2.45. The molecule has 19 heavy (non-hydrogen) atoms. The molecular formula is C10H9ClF3N3OS. The summed E-state index contributed by atoms with van der Waals surface area (Å²) in [6.45, 7) is -1.79. The number of alkyl halides is 3. The molecule has 104 valence electrons. The molecule has 9 heteroatoms. The van der Waals surface area contributed by atoms with E-state index in [2.05, 4.69) is 9.97 Å². The number of halogens is 4. The topological polar surface area (TPSA) is 49.2 Å². The minimum atomic E-state index is -4.39. The summed E-state index contributed by atoms with van der Waals surface area (Å²) >= 11 is 6.94. The molecule has 2 aromatic rings. The standard InChI is InChI=1S/C10H9ClF3N3OS/c11-9-15-6-1-4-19-7(6)8(16-9)17(2-3-18)5-10(12,13)14/h1,4,18H,2-3,5H2. The van der Waals surface area contributed by atoms with Gasteiger partial charge in [0.2, 0.25) is 5.28 Å². The lowest BCUT2D eigenvalue weighted by molar-refractivity contribution is -0.119. The van der Waals surface area contributed by atoms with Crippen LogP contribution in [0.3, 0.4) is 0 Å². The molecule has 2 aromatic heterocycles. The number of aliphatic hydroxyl groups excluding tert-OH is 1. The van der Waals surface area contributed by atoms with E-state index in [-0.39, 0.29) is 17.6 Å². The molecule has 2 heterocycles. The number of nitrogens with zero attached hydrogens (tertiary/aromatic N) is 3. The lowest BCUT2D eigenvalue weighted by Gasteiger charge is -2.24. The van der Waals surface area contributed by atoms with E-state index >= 15 is 0 Å². The van der Waals surface area contributed by atoms with Crippen LogP contribution in [0.4, 0.5) is 19.0 Å². The van der Waals surface area contributed by atoms with Gasteiger partial charge in [0.1, 0.15) is 6.54 Å². The summed E-state index contributed by atoms with van der Waals surface area (Å²) < 4.78 is 38.2. The predicted octanol–water partition coefficient (Wildman–Crippen LogP) is 2.71. The molecule has 1 N–H and O–H groups in total. The Hall–Kier alpha value is -1.12. The summed E-state index contributed by atoms with van der Waals surface area (Å²) in [5.74, 6) is 0.0939. The molecule has 0 amide bonds. The van der Waals surface area contributed by atoms with E-state index in [1.165, 1.54) is 11.3 Å². The fourth-order valence-corrected chi connectivity index (χ4v) is 2.65. The fourth-order valence-electron chi connectivity index (χ4n) is 1.63. The van der Waals surface area contributed by atoms with Gasteiger partial charge in [-0.25, -0.2) is 4.98 Å². The van der Waals surface area contributed by atoms with Gasteiger partial charge in [0, 0.05) is 6.54 Å². The zero-order valence-corrected chi connectivity index (χ0v) is 11.1. The molecule has 4 nitrogen and oxygen atoms in total. The molecule has 0 atom stereocenters. The normalized spacial score (nSPS) is 12.1. The second kappa shape index (κ2) is 5.48. The number of hydrogen-bond donors (Lipinski definition) is 1. The molecule has 0 aliphatic rings. The Labute approximate surface area is 115 Å². The van der Waals surface area contributed by atoms with Gasteiger partial charge in [-0.3, -0.25) is 0 Å². The molecule has 2 rings (SSSR count). The lowest BCUT2D eigenvalue weighted by Crippen LogP contribution is -2.37. The molecule has 0 spiro atoms. The third kappa shape index (κ3) is 3.46. The summed E-state index contributed by atoms with van der Waals surface area (Å²) in [7, 11) is 0. The zero-order chi connectivity index (χ0) is 14.0. The van der Waals surface area contributed by atoms with Crippen molar-refractivity contribution >= 4 is 39.0 Å². The molecule has 0 aromatic carbocycles. The third-order valence-corrected chi connectivity index (χ3v) is 3.37. The Morgan fingerprint density at radius 2 is 2.11 bits per heavy atom. The summed E-state index contributed by atoms with van der Waals surface area (Å²) in [5.41, 5.74) is 0.491. The second-order valence-corrected chi connectivity index (χ2v) is 4.97. The summed E-state index contributed by atoms with van der Waals surface area (Å²) in [4.78, 5) is 8.74. The van der Waals surface area contributed by atoms with Gasteiger partial charge in [0.05, 0.1) is 16.8 Å². The molecule has 0 aliphatic heterocycles. The average Bonchev–Trinajstić information content (AvgIpc) is 2.73. The van der Waals surface area contributed by atoms with E-state index in [1.807, 2.05) is 0 Å². The molecule has 0 radical (unpaired) electrons. The Morgan fingerprint density at radius 3 is 2.74 bits per heavy atom. The van der Waals surface area contributed by atoms with Crippen LogP contribution in [0.5, 0.6) is 0 Å². The van der Waals surface area contributed by atoms with Crippen LogP contribution in [0.15, 0.2) is 11.4 Å². The maximum Gasteiger partial charge on any atom is 0.405 e. The van der Waals surface area contributed by atoms with Crippen molar-refractivity contribution in [2.24, 2.45) is 0 Å². The van der Waals surface area contributed by atoms with Crippen molar-refractivity contribution in [1.82, 2.24) is 9.97 Å². The van der Waals surface area contributed by atoms with Gasteiger partial charge in [-0.2, -0.15) is 18.2 Å². The van der Waals surface area contributed by atoms with E-state index < -0.39 is 19.3 Å². The number of fused-ring (bicyclic) bond motifs is 1. The van der Waals surface area contributed by atoms with Gasteiger partial charge >= 0.3 is 6.18 Å². The zero-order valence-electron chi connectivity index (χ0n) is 9.48. The van der Waals surface area contributed by atoms with Crippen molar-refractivity contribution in [1.29, 1.82) is 0 Å². The van der Waals surface area contributed by atoms with Crippen molar-refractivity contribution in [2.45, 2.75) is 6.18 Å². The third-order valence-electron chi connectivity index (χ3n) is 2.30. The number of anilines is 1. The van der Waals surface area contributed by atoms with Crippen molar-refractivity contribution in [3.8, 4) is 0 Å². The van der Waals surface area contributed by atoms with Crippen LogP contribution < -0.4 is 4.90 Å². The first kappa shape index (κ1) is 14.3. The van der Waals surface area contributed by atoms with E-state index in [9.17, 15) is 13.2 Å². The molecule has 0 aliphatic carbocycles. The van der Waals surface area contributed by atoms with E-state index in [0.29, 0.717) is 10.2 Å². The average molecular weight is 312 g/mol. The quantitative estimate of drug-likeness (QED) is 0.882. The minimum Gasteiger partial charge on any atom is -0.395 e. The van der Waals surface area contributed by atoms with Gasteiger partial charge in [-0.1, -0.05) is 0 Å². The van der Waals surface area contributed by atoms with E-state index in [1.54, 1.807) is 11.4 Å². The van der Waals surface area contributed by atoms with Gasteiger partial charge in [-0.15, -0.1) is 11.3 Å². The number of aromatic nitrogens is 2. The van der Waals surface area contributed by atoms with Crippen LogP contribution in [0, 0.1) is 0 Å². The highest BCUT2D eigenvalue weighted by Crippen LogP contribution is 2.31. The predicted molar refractivity (Wildman–Crippen MR) is 67.8 cm³/mol. The van der Waals surface area contributed by atoms with Crippen LogP contribution in [0.1, 0.15) is 0 Å². The fraction of sp³-hybridized carbons (Fsp3) is 0.400. The Kier molecular flexibility index (Phi) is 4.12. The van der Waals surface area contributed by atoms with Crippen molar-refractivity contribution in [3.63, 3.8) is 0 Å². The van der Waals surface area contributed by atoms with E-state index in [0.717, 1.165) is 4.90 Å². The van der Waals surface area contributed by atoms with Gasteiger partial charge < -0.3 is 10.0 Å². The van der Waals surface area contributed by atoms with Crippen LogP contribution in [0.2, 0.25) is 5.28 Å². The highest BCUT2D eigenvalue weighted by molar-refractivity contribution is 7.17. The molecule has 0 saturated carbocycles.